The average Bonchev–Trinajstić information content (AvgIpc) is 3.40. The molecule has 0 radical (unpaired) electrons. The van der Waals surface area contributed by atoms with Gasteiger partial charge in [0.1, 0.15) is 13.2 Å². The van der Waals surface area contributed by atoms with Crippen molar-refractivity contribution in [2.45, 2.75) is 277 Å². The molecule has 6 heteroatoms. The van der Waals surface area contributed by atoms with Gasteiger partial charge >= 0.3 is 17.9 Å². The minimum atomic E-state index is -0.799. The molecule has 420 valence electrons. The fourth-order valence-electron chi connectivity index (χ4n) is 8.09. The van der Waals surface area contributed by atoms with E-state index in [9.17, 15) is 14.4 Å². The zero-order chi connectivity index (χ0) is 53.6. The largest absolute Gasteiger partial charge is 0.462 e. The molecule has 0 aliphatic carbocycles. The van der Waals surface area contributed by atoms with E-state index >= 15 is 0 Å². The van der Waals surface area contributed by atoms with Gasteiger partial charge in [0, 0.05) is 19.3 Å². The number of unbranched alkanes of at least 4 members (excludes halogenated alkanes) is 23. The van der Waals surface area contributed by atoms with Gasteiger partial charge in [0.05, 0.1) is 0 Å². The van der Waals surface area contributed by atoms with Crippen molar-refractivity contribution in [1.29, 1.82) is 0 Å². The summed E-state index contributed by atoms with van der Waals surface area (Å²) in [5, 5.41) is 0. The third-order valence-corrected chi connectivity index (χ3v) is 12.7. The van der Waals surface area contributed by atoms with Crippen molar-refractivity contribution in [1.82, 2.24) is 0 Å². The summed E-state index contributed by atoms with van der Waals surface area (Å²) >= 11 is 0. The van der Waals surface area contributed by atoms with Crippen LogP contribution in [0, 0.1) is 0 Å². The van der Waals surface area contributed by atoms with Gasteiger partial charge in [0.2, 0.25) is 0 Å². The lowest BCUT2D eigenvalue weighted by Crippen LogP contribution is -2.30. The number of ether oxygens (including phenoxy) is 3. The molecule has 0 aromatic heterocycles. The van der Waals surface area contributed by atoms with Crippen LogP contribution in [-0.2, 0) is 28.6 Å². The van der Waals surface area contributed by atoms with E-state index in [1.807, 2.05) is 0 Å². The van der Waals surface area contributed by atoms with Crippen molar-refractivity contribution in [2.75, 3.05) is 13.2 Å². The summed E-state index contributed by atoms with van der Waals surface area (Å²) in [4.78, 5) is 38.2. The summed E-state index contributed by atoms with van der Waals surface area (Å²) in [6.45, 7) is 6.45. The first-order chi connectivity index (χ1) is 36.5. The van der Waals surface area contributed by atoms with E-state index in [0.717, 1.165) is 148 Å². The highest BCUT2D eigenvalue weighted by molar-refractivity contribution is 5.71. The number of hydrogen-bond acceptors (Lipinski definition) is 6. The molecule has 0 saturated carbocycles. The van der Waals surface area contributed by atoms with Crippen molar-refractivity contribution in [3.05, 3.63) is 122 Å². The van der Waals surface area contributed by atoms with Crippen molar-refractivity contribution < 1.29 is 28.6 Å². The highest BCUT2D eigenvalue weighted by Gasteiger charge is 2.19. The van der Waals surface area contributed by atoms with Crippen molar-refractivity contribution in [3.8, 4) is 0 Å². The highest BCUT2D eigenvalue weighted by atomic mass is 16.6. The number of hydrogen-bond donors (Lipinski definition) is 0. The fraction of sp³-hybridized carbons (Fsp3) is 0.662. The second kappa shape index (κ2) is 61.4. The number of carbonyl (C=O) groups is 3. The molecule has 0 amide bonds. The average molecular weight is 1030 g/mol. The Labute approximate surface area is 456 Å². The number of esters is 3. The normalized spacial score (nSPS) is 13.0. The van der Waals surface area contributed by atoms with E-state index in [4.69, 9.17) is 14.2 Å². The minimum Gasteiger partial charge on any atom is -0.462 e. The fourth-order valence-corrected chi connectivity index (χ4v) is 8.09. The SMILES string of the molecule is CC/C=C\C/C=C\C/C=C\C/C=C\C/C=C\C/C=C\CCCCCCCCC(=O)OCC(COC(=O)CCCCCCC/C=C\CCCCC)OC(=O)CCCCCCCC/C=C\C/C=C\C/C=C\CCCCC. The van der Waals surface area contributed by atoms with Gasteiger partial charge in [0.25, 0.3) is 0 Å². The number of allylic oxidation sites excluding steroid dienone is 20. The summed E-state index contributed by atoms with van der Waals surface area (Å²) in [6.07, 6.45) is 84.7. The molecule has 1 unspecified atom stereocenters. The van der Waals surface area contributed by atoms with E-state index in [1.54, 1.807) is 0 Å². The van der Waals surface area contributed by atoms with Crippen LogP contribution in [-0.4, -0.2) is 37.2 Å². The predicted octanol–water partition coefficient (Wildman–Crippen LogP) is 20.8. The molecule has 0 rings (SSSR count). The van der Waals surface area contributed by atoms with Crippen molar-refractivity contribution in [2.24, 2.45) is 0 Å². The first-order valence-corrected chi connectivity index (χ1v) is 30.5. The van der Waals surface area contributed by atoms with E-state index < -0.39 is 6.10 Å². The molecular weight excluding hydrogens is 913 g/mol. The van der Waals surface area contributed by atoms with Crippen LogP contribution in [0.5, 0.6) is 0 Å². The summed E-state index contributed by atoms with van der Waals surface area (Å²) in [7, 11) is 0. The standard InChI is InChI=1S/C68H112O6/c1-4-7-10-13-16-19-22-25-27-29-31-32-33-34-35-36-38-39-41-43-46-49-52-55-58-61-67(70)73-64-65(63-72-66(69)60-57-54-51-48-45-24-21-18-15-12-9-6-3)74-68(71)62-59-56-53-50-47-44-42-40-37-30-28-26-23-20-17-14-11-8-5-2/h7,10,16-21,25-28,31-32,34-35,37-40,65H,4-6,8-9,11-15,22-24,29-30,33,36,41-64H2,1-3H3/b10-7-,19-16-,20-17-,21-18-,27-25-,28-26-,32-31-,35-34-,39-38-,40-37-. The maximum Gasteiger partial charge on any atom is 0.306 e. The van der Waals surface area contributed by atoms with Gasteiger partial charge in [-0.1, -0.05) is 239 Å². The third-order valence-electron chi connectivity index (χ3n) is 12.7. The minimum absolute atomic E-state index is 0.0950. The van der Waals surface area contributed by atoms with Gasteiger partial charge in [-0.2, -0.15) is 0 Å². The lowest BCUT2D eigenvalue weighted by atomic mass is 10.1. The zero-order valence-corrected chi connectivity index (χ0v) is 48.1. The van der Waals surface area contributed by atoms with Gasteiger partial charge < -0.3 is 14.2 Å². The first kappa shape index (κ1) is 69.8. The Morgan fingerprint density at radius 1 is 0.284 bits per heavy atom. The maximum atomic E-state index is 12.9. The van der Waals surface area contributed by atoms with Crippen LogP contribution in [0.3, 0.4) is 0 Å². The summed E-state index contributed by atoms with van der Waals surface area (Å²) < 4.78 is 16.9. The zero-order valence-electron chi connectivity index (χ0n) is 48.1. The van der Waals surface area contributed by atoms with Crippen LogP contribution >= 0.6 is 0 Å². The molecule has 0 N–H and O–H groups in total. The van der Waals surface area contributed by atoms with Gasteiger partial charge in [-0.25, -0.2) is 0 Å². The Kier molecular flexibility index (Phi) is 57.9. The molecular formula is C68H112O6. The molecule has 6 nitrogen and oxygen atoms in total. The molecule has 0 bridgehead atoms. The second-order valence-electron chi connectivity index (χ2n) is 19.9. The van der Waals surface area contributed by atoms with E-state index in [-0.39, 0.29) is 31.1 Å². The van der Waals surface area contributed by atoms with Crippen molar-refractivity contribution in [3.63, 3.8) is 0 Å². The first-order valence-electron chi connectivity index (χ1n) is 30.5. The van der Waals surface area contributed by atoms with E-state index in [2.05, 4.69) is 142 Å². The Hall–Kier alpha value is -4.19. The summed E-state index contributed by atoms with van der Waals surface area (Å²) in [5.74, 6) is -0.930. The molecule has 0 spiro atoms. The van der Waals surface area contributed by atoms with Crippen molar-refractivity contribution >= 4 is 17.9 Å². The van der Waals surface area contributed by atoms with Gasteiger partial charge in [0.15, 0.2) is 6.10 Å². The van der Waals surface area contributed by atoms with Gasteiger partial charge in [-0.05, 0) is 135 Å². The monoisotopic (exact) mass is 1020 g/mol. The van der Waals surface area contributed by atoms with Gasteiger partial charge in [-0.3, -0.25) is 14.4 Å². The topological polar surface area (TPSA) is 78.9 Å². The molecule has 1 atom stereocenters. The summed E-state index contributed by atoms with van der Waals surface area (Å²) in [6, 6.07) is 0. The molecule has 0 aromatic carbocycles. The van der Waals surface area contributed by atoms with Crippen LogP contribution < -0.4 is 0 Å². The quantitative estimate of drug-likeness (QED) is 0.0261. The molecule has 74 heavy (non-hydrogen) atoms. The lowest BCUT2D eigenvalue weighted by molar-refractivity contribution is -0.167. The van der Waals surface area contributed by atoms with Crippen LogP contribution in [0.15, 0.2) is 122 Å². The predicted molar refractivity (Wildman–Crippen MR) is 320 cm³/mol. The maximum absolute atomic E-state index is 12.9. The highest BCUT2D eigenvalue weighted by Crippen LogP contribution is 2.14. The van der Waals surface area contributed by atoms with Gasteiger partial charge in [-0.15, -0.1) is 0 Å². The Morgan fingerprint density at radius 2 is 0.527 bits per heavy atom. The molecule has 0 fully saturated rings. The number of carbonyl (C=O) groups excluding carboxylic acids is 3. The van der Waals surface area contributed by atoms with E-state index in [1.165, 1.54) is 83.5 Å². The van der Waals surface area contributed by atoms with Crippen LogP contribution in [0.25, 0.3) is 0 Å². The molecule has 0 aromatic rings. The number of rotatable bonds is 54. The molecule has 0 aliphatic heterocycles. The molecule has 0 heterocycles. The molecule has 0 aliphatic rings. The Morgan fingerprint density at radius 3 is 0.838 bits per heavy atom. The Balaban J connectivity index is 4.40. The Bertz CT molecular complexity index is 1550. The lowest BCUT2D eigenvalue weighted by Gasteiger charge is -2.18. The van der Waals surface area contributed by atoms with E-state index in [0.29, 0.717) is 19.3 Å². The van der Waals surface area contributed by atoms with Crippen LogP contribution in [0.1, 0.15) is 271 Å². The third kappa shape index (κ3) is 58.7. The van der Waals surface area contributed by atoms with Crippen LogP contribution in [0.2, 0.25) is 0 Å². The smallest absolute Gasteiger partial charge is 0.306 e. The summed E-state index contributed by atoms with van der Waals surface area (Å²) in [5.41, 5.74) is 0. The molecule has 0 saturated heterocycles. The van der Waals surface area contributed by atoms with Crippen LogP contribution in [0.4, 0.5) is 0 Å². The second-order valence-corrected chi connectivity index (χ2v) is 19.9.